The number of carboxylic acid groups (broad SMARTS) is 1. The normalized spacial score (nSPS) is 20.3. The monoisotopic (exact) mass is 1020 g/mol. The second-order valence-corrected chi connectivity index (χ2v) is 27.8. The third-order valence-corrected chi connectivity index (χ3v) is 20.4. The van der Waals surface area contributed by atoms with E-state index >= 15 is 0 Å². The Morgan fingerprint density at radius 3 is 2.36 bits per heavy atom. The van der Waals surface area contributed by atoms with Crippen LogP contribution in [0.1, 0.15) is 103 Å². The number of piperazine rings is 1. The second-order valence-electron chi connectivity index (χ2n) is 23.0. The number of fused-ring (bicyclic) bond motifs is 1. The topological polar surface area (TPSA) is 163 Å². The first-order valence-electron chi connectivity index (χ1n) is 26.7. The van der Waals surface area contributed by atoms with Gasteiger partial charge in [0.05, 0.1) is 42.1 Å². The number of nitrogens with one attached hydrogen (secondary N) is 2. The molecule has 4 atom stereocenters. The Morgan fingerprint density at radius 2 is 1.68 bits per heavy atom. The van der Waals surface area contributed by atoms with Crippen molar-refractivity contribution < 1.29 is 38.1 Å². The Kier molecular flexibility index (Phi) is 17.0. The zero-order chi connectivity index (χ0) is 52.2. The summed E-state index contributed by atoms with van der Waals surface area (Å²) in [7, 11) is -0.316. The summed E-state index contributed by atoms with van der Waals surface area (Å²) in [6.07, 6.45) is 5.03. The molecule has 4 fully saturated rings. The van der Waals surface area contributed by atoms with Crippen LogP contribution in [0.25, 0.3) is 22.2 Å². The van der Waals surface area contributed by atoms with Crippen LogP contribution in [0.2, 0.25) is 18.1 Å². The summed E-state index contributed by atoms with van der Waals surface area (Å²) in [5.74, 6) is -1.47. The van der Waals surface area contributed by atoms with Gasteiger partial charge in [-0.2, -0.15) is 0 Å². The molecule has 4 aliphatic rings. The molecule has 2 amide bonds. The Hall–Kier alpha value is -5.04. The van der Waals surface area contributed by atoms with Gasteiger partial charge in [0.1, 0.15) is 18.7 Å². The second kappa shape index (κ2) is 22.8. The molecule has 17 heteroatoms. The zero-order valence-electron chi connectivity index (χ0n) is 45.2. The Bertz CT molecular complexity index is 2550. The predicted octanol–water partition coefficient (Wildman–Crippen LogP) is 8.78. The maximum atomic E-state index is 14.3. The fourth-order valence-corrected chi connectivity index (χ4v) is 11.6. The lowest BCUT2D eigenvalue weighted by Gasteiger charge is -2.39. The molecule has 4 aromatic rings. The maximum absolute atomic E-state index is 14.3. The van der Waals surface area contributed by atoms with Crippen molar-refractivity contribution in [2.24, 2.45) is 5.41 Å². The number of aromatic nitrogens is 2. The maximum Gasteiger partial charge on any atom is 0.408 e. The van der Waals surface area contributed by atoms with E-state index in [1.165, 1.54) is 23.4 Å². The van der Waals surface area contributed by atoms with Crippen LogP contribution in [-0.4, -0.2) is 141 Å². The molecule has 0 radical (unpaired) electrons. The molecule has 2 aromatic heterocycles. The van der Waals surface area contributed by atoms with Gasteiger partial charge in [-0.15, -0.1) is 0 Å². The highest BCUT2D eigenvalue weighted by molar-refractivity contribution is 6.74. The molecule has 5 heterocycles. The van der Waals surface area contributed by atoms with E-state index in [1.807, 2.05) is 36.5 Å². The van der Waals surface area contributed by atoms with E-state index in [1.54, 1.807) is 7.11 Å². The summed E-state index contributed by atoms with van der Waals surface area (Å²) in [6.45, 7) is 27.7. The molecule has 16 nitrogen and oxygen atoms in total. The minimum Gasteiger partial charge on any atom is -0.480 e. The van der Waals surface area contributed by atoms with Gasteiger partial charge in [0.15, 0.2) is 8.32 Å². The van der Waals surface area contributed by atoms with E-state index in [4.69, 9.17) is 23.6 Å². The van der Waals surface area contributed by atoms with Gasteiger partial charge in [-0.25, -0.2) is 10.2 Å². The van der Waals surface area contributed by atoms with Crippen LogP contribution in [0.3, 0.4) is 0 Å². The Labute approximate surface area is 434 Å². The van der Waals surface area contributed by atoms with E-state index < -0.39 is 44.5 Å². The number of anilines is 2. The van der Waals surface area contributed by atoms with E-state index in [0.717, 1.165) is 90.0 Å². The first-order valence-corrected chi connectivity index (χ1v) is 29.6. The van der Waals surface area contributed by atoms with Crippen molar-refractivity contribution >= 4 is 48.6 Å². The molecule has 8 rings (SSSR count). The summed E-state index contributed by atoms with van der Waals surface area (Å²) >= 11 is 0. The Morgan fingerprint density at radius 1 is 0.945 bits per heavy atom. The molecule has 0 unspecified atom stereocenters. The van der Waals surface area contributed by atoms with Crippen molar-refractivity contribution in [2.75, 3.05) is 75.9 Å². The summed E-state index contributed by atoms with van der Waals surface area (Å²) in [4.78, 5) is 52.3. The van der Waals surface area contributed by atoms with Gasteiger partial charge in [-0.1, -0.05) is 65.0 Å². The highest BCUT2D eigenvalue weighted by Crippen LogP contribution is 2.44. The van der Waals surface area contributed by atoms with Crippen LogP contribution in [0.15, 0.2) is 60.8 Å². The number of methoxy groups -OCH3 is 1. The standard InChI is InChI=1S/C56H82N8O8Si/c1-11-63-49-22-21-41(62-28-29-70-43(35-62)32-48(52(65)64-23-15-18-47(59-64)53(66)67)58-54(68)71-36-39-16-13-12-14-17-39)30-44(49)46(33-56(6,7)37-72-73(9,10)55(3,4)5)51(63)45-31-42(34-57-50(45)38(2)69-8)61-26-24-60(25-27-61)40-19-20-40/h12-14,16-17,21-22,30-31,34,38,40,43,47-48,59H,11,15,18-20,23-29,32-33,35-37H2,1-10H3,(H,58,68)(H,66,67)/t38-,43-,47-,48-/m0/s1. The number of pyridine rings is 1. The molecule has 3 N–H and O–H groups in total. The minimum absolute atomic E-state index is 0.0312. The van der Waals surface area contributed by atoms with Crippen LogP contribution in [-0.2, 0) is 47.8 Å². The number of carbonyl (C=O) groups excluding carboxylic acids is 2. The van der Waals surface area contributed by atoms with Crippen LogP contribution in [0.5, 0.6) is 0 Å². The van der Waals surface area contributed by atoms with Gasteiger partial charge in [-0.3, -0.25) is 24.5 Å². The predicted molar refractivity (Wildman–Crippen MR) is 289 cm³/mol. The number of hydrogen-bond acceptors (Lipinski definition) is 12. The minimum atomic E-state index is -2.07. The third-order valence-electron chi connectivity index (χ3n) is 15.9. The van der Waals surface area contributed by atoms with Gasteiger partial charge < -0.3 is 43.4 Å². The number of hydrogen-bond donors (Lipinski definition) is 3. The molecule has 398 valence electrons. The third kappa shape index (κ3) is 12.9. The van der Waals surface area contributed by atoms with Crippen molar-refractivity contribution in [3.8, 4) is 11.3 Å². The number of rotatable bonds is 19. The lowest BCUT2D eigenvalue weighted by atomic mass is 9.84. The van der Waals surface area contributed by atoms with Crippen LogP contribution >= 0.6 is 0 Å². The molecule has 2 aromatic carbocycles. The number of carboxylic acids is 1. The van der Waals surface area contributed by atoms with Crippen LogP contribution in [0, 0.1) is 5.41 Å². The molecule has 3 aliphatic heterocycles. The van der Waals surface area contributed by atoms with Gasteiger partial charge in [-0.05, 0) is 105 Å². The smallest absolute Gasteiger partial charge is 0.408 e. The molecule has 0 bridgehead atoms. The quantitative estimate of drug-likeness (QED) is 0.0765. The van der Waals surface area contributed by atoms with Crippen molar-refractivity contribution in [3.63, 3.8) is 0 Å². The zero-order valence-corrected chi connectivity index (χ0v) is 46.2. The molecular formula is C56H82N8O8Si. The van der Waals surface area contributed by atoms with Crippen LogP contribution < -0.4 is 20.5 Å². The number of amides is 2. The first-order chi connectivity index (χ1) is 34.8. The van der Waals surface area contributed by atoms with E-state index in [0.29, 0.717) is 45.7 Å². The molecule has 73 heavy (non-hydrogen) atoms. The summed E-state index contributed by atoms with van der Waals surface area (Å²) in [5, 5.41) is 15.2. The number of benzene rings is 2. The van der Waals surface area contributed by atoms with Gasteiger partial charge in [0.2, 0.25) is 0 Å². The van der Waals surface area contributed by atoms with Crippen molar-refractivity contribution in [1.82, 2.24) is 30.2 Å². The van der Waals surface area contributed by atoms with Gasteiger partial charge >= 0.3 is 12.1 Å². The molecule has 1 aliphatic carbocycles. The highest BCUT2D eigenvalue weighted by Gasteiger charge is 2.40. The van der Waals surface area contributed by atoms with Gasteiger partial charge in [0.25, 0.3) is 5.91 Å². The van der Waals surface area contributed by atoms with E-state index in [9.17, 15) is 19.5 Å². The average Bonchev–Trinajstić information content (AvgIpc) is 4.19. The van der Waals surface area contributed by atoms with Crippen molar-refractivity contribution in [2.45, 2.75) is 149 Å². The Balaban J connectivity index is 1.13. The number of hydrazine groups is 1. The van der Waals surface area contributed by atoms with Crippen molar-refractivity contribution in [1.29, 1.82) is 0 Å². The number of ether oxygens (including phenoxy) is 3. The van der Waals surface area contributed by atoms with Crippen LogP contribution in [0.4, 0.5) is 16.2 Å². The number of morpholine rings is 1. The highest BCUT2D eigenvalue weighted by atomic mass is 28.4. The number of carbonyl (C=O) groups is 3. The number of aliphatic carboxylic acids is 1. The molecule has 0 spiro atoms. The van der Waals surface area contributed by atoms with Gasteiger partial charge in [0, 0.05) is 101 Å². The summed E-state index contributed by atoms with van der Waals surface area (Å²) in [5.41, 5.74) is 11.1. The van der Waals surface area contributed by atoms with Crippen molar-refractivity contribution in [3.05, 3.63) is 77.6 Å². The average molecular weight is 1020 g/mol. The summed E-state index contributed by atoms with van der Waals surface area (Å²) < 4.78 is 27.5. The molecule has 1 saturated carbocycles. The lowest BCUT2D eigenvalue weighted by molar-refractivity contribution is -0.148. The van der Waals surface area contributed by atoms with E-state index in [2.05, 4.69) is 116 Å². The fraction of sp³-hybridized carbons (Fsp3) is 0.607. The van der Waals surface area contributed by atoms with E-state index in [-0.39, 0.29) is 29.6 Å². The first kappa shape index (κ1) is 54.2. The largest absolute Gasteiger partial charge is 0.480 e. The number of nitrogens with zero attached hydrogens (tertiary/aromatic N) is 6. The molecule has 3 saturated heterocycles. The number of alkyl carbamates (subject to hydrolysis) is 1. The summed E-state index contributed by atoms with van der Waals surface area (Å²) in [6, 6.07) is 17.3. The fourth-order valence-electron chi connectivity index (χ4n) is 10.4. The lowest BCUT2D eigenvalue weighted by Crippen LogP contribution is -2.60. The SMILES string of the molecule is CCn1c(-c2cc(N3CCN(C4CC4)CC3)cnc2[C@H](C)OC)c(CC(C)(C)CO[Si](C)(C)C(C)(C)C)c2cc(N3CCO[C@@H](C[C@H](NC(=O)OCc4ccccc4)C(=O)N4CCC[C@@H](C(=O)O)N4)C3)ccc21. The number of aryl methyl sites for hydroxylation is 1. The molecular weight excluding hydrogens is 941 g/mol.